The Morgan fingerprint density at radius 1 is 1.13 bits per heavy atom. The van der Waals surface area contributed by atoms with Crippen molar-refractivity contribution in [2.75, 3.05) is 20.2 Å². The monoisotopic (exact) mass is 418 g/mol. The number of aromatic nitrogens is 3. The molecule has 0 unspecified atom stereocenters. The zero-order valence-corrected chi connectivity index (χ0v) is 17.5. The first-order chi connectivity index (χ1) is 15.1. The molecule has 7 heteroatoms. The molecule has 3 atom stereocenters. The smallest absolute Gasteiger partial charge is 0.253 e. The third-order valence-electron chi connectivity index (χ3n) is 6.88. The number of hydrogen-bond donors (Lipinski definition) is 1. The van der Waals surface area contributed by atoms with Crippen molar-refractivity contribution in [3.05, 3.63) is 72.3 Å². The molecule has 2 fully saturated rings. The van der Waals surface area contributed by atoms with Gasteiger partial charge in [0.15, 0.2) is 0 Å². The van der Waals surface area contributed by atoms with E-state index in [4.69, 9.17) is 4.74 Å². The summed E-state index contributed by atoms with van der Waals surface area (Å²) in [5.74, 6) is 1.07. The second kappa shape index (κ2) is 7.81. The zero-order valence-electron chi connectivity index (χ0n) is 17.5. The molecular formula is C24H26N4O3. The molecule has 1 amide bonds. The summed E-state index contributed by atoms with van der Waals surface area (Å²) in [5, 5.41) is 19.4. The molecule has 0 bridgehead atoms. The Hall–Kier alpha value is -3.19. The van der Waals surface area contributed by atoms with Gasteiger partial charge in [0, 0.05) is 30.3 Å². The number of rotatable bonds is 4. The highest BCUT2D eigenvalue weighted by Crippen LogP contribution is 2.48. The Morgan fingerprint density at radius 3 is 2.65 bits per heavy atom. The van der Waals surface area contributed by atoms with Crippen LogP contribution in [0.25, 0.3) is 5.69 Å². The Kier molecular flexibility index (Phi) is 4.98. The molecule has 2 heterocycles. The van der Waals surface area contributed by atoms with E-state index in [2.05, 4.69) is 10.2 Å². The van der Waals surface area contributed by atoms with Gasteiger partial charge in [0.05, 0.1) is 12.7 Å². The Morgan fingerprint density at radius 2 is 1.90 bits per heavy atom. The van der Waals surface area contributed by atoms with E-state index in [-0.39, 0.29) is 11.8 Å². The summed E-state index contributed by atoms with van der Waals surface area (Å²) in [5.41, 5.74) is 1.50. The zero-order chi connectivity index (χ0) is 21.4. The molecule has 0 radical (unpaired) electrons. The van der Waals surface area contributed by atoms with E-state index in [1.807, 2.05) is 53.4 Å². The number of amides is 1. The molecule has 1 aromatic heterocycles. The van der Waals surface area contributed by atoms with Crippen molar-refractivity contribution < 1.29 is 14.6 Å². The number of carbonyl (C=O) groups excluding carboxylic acids is 1. The van der Waals surface area contributed by atoms with Gasteiger partial charge < -0.3 is 14.7 Å². The average molecular weight is 418 g/mol. The fraction of sp³-hybridized carbons (Fsp3) is 0.375. The molecule has 0 spiro atoms. The van der Waals surface area contributed by atoms with E-state index < -0.39 is 5.60 Å². The van der Waals surface area contributed by atoms with Crippen LogP contribution in [0.2, 0.25) is 0 Å². The first-order valence-corrected chi connectivity index (χ1v) is 10.7. The molecule has 31 heavy (non-hydrogen) atoms. The molecule has 3 aromatic rings. The third-order valence-corrected chi connectivity index (χ3v) is 6.88. The van der Waals surface area contributed by atoms with E-state index >= 15 is 0 Å². The molecule has 1 aliphatic heterocycles. The number of carbonyl (C=O) groups is 1. The third kappa shape index (κ3) is 3.49. The maximum atomic E-state index is 13.2. The number of likely N-dealkylation sites (tertiary alicyclic amines) is 1. The van der Waals surface area contributed by atoms with Crippen LogP contribution in [0.5, 0.6) is 5.75 Å². The summed E-state index contributed by atoms with van der Waals surface area (Å²) < 4.78 is 7.17. The molecule has 2 aliphatic rings. The predicted octanol–water partition coefficient (Wildman–Crippen LogP) is 3.04. The Bertz CT molecular complexity index is 1070. The van der Waals surface area contributed by atoms with Crippen LogP contribution < -0.4 is 4.74 Å². The maximum absolute atomic E-state index is 13.2. The van der Waals surface area contributed by atoms with E-state index in [1.165, 1.54) is 0 Å². The van der Waals surface area contributed by atoms with Crippen LogP contribution in [0.15, 0.2) is 61.2 Å². The lowest BCUT2D eigenvalue weighted by Crippen LogP contribution is -2.43. The first kappa shape index (κ1) is 19.8. The molecule has 1 saturated carbocycles. The second-order valence-electron chi connectivity index (χ2n) is 8.54. The van der Waals surface area contributed by atoms with Gasteiger partial charge in [0.1, 0.15) is 18.4 Å². The van der Waals surface area contributed by atoms with Gasteiger partial charge in [0.2, 0.25) is 0 Å². The van der Waals surface area contributed by atoms with Gasteiger partial charge in [-0.1, -0.05) is 12.1 Å². The fourth-order valence-corrected chi connectivity index (χ4v) is 5.23. The van der Waals surface area contributed by atoms with E-state index in [0.717, 1.165) is 29.8 Å². The van der Waals surface area contributed by atoms with Gasteiger partial charge in [-0.25, -0.2) is 0 Å². The lowest BCUT2D eigenvalue weighted by Gasteiger charge is -2.41. The minimum absolute atomic E-state index is 0.0118. The number of aliphatic hydroxyl groups is 1. The Balaban J connectivity index is 1.36. The molecule has 160 valence electrons. The van der Waals surface area contributed by atoms with Crippen molar-refractivity contribution in [1.29, 1.82) is 0 Å². The largest absolute Gasteiger partial charge is 0.497 e. The van der Waals surface area contributed by atoms with E-state index in [0.29, 0.717) is 31.0 Å². The predicted molar refractivity (Wildman–Crippen MR) is 115 cm³/mol. The van der Waals surface area contributed by atoms with Crippen molar-refractivity contribution in [2.24, 2.45) is 11.8 Å². The number of fused-ring (bicyclic) bond motifs is 1. The van der Waals surface area contributed by atoms with Gasteiger partial charge >= 0.3 is 0 Å². The van der Waals surface area contributed by atoms with Gasteiger partial charge in [-0.2, -0.15) is 0 Å². The van der Waals surface area contributed by atoms with E-state index in [1.54, 1.807) is 24.3 Å². The first-order valence-electron chi connectivity index (χ1n) is 10.7. The fourth-order valence-electron chi connectivity index (χ4n) is 5.23. The highest BCUT2D eigenvalue weighted by molar-refractivity contribution is 5.94. The van der Waals surface area contributed by atoms with Crippen molar-refractivity contribution in [3.63, 3.8) is 0 Å². The number of hydrogen-bond acceptors (Lipinski definition) is 5. The summed E-state index contributed by atoms with van der Waals surface area (Å²) in [6.07, 6.45) is 5.94. The summed E-state index contributed by atoms with van der Waals surface area (Å²) in [4.78, 5) is 15.1. The topological polar surface area (TPSA) is 80.5 Å². The summed E-state index contributed by atoms with van der Waals surface area (Å²) >= 11 is 0. The van der Waals surface area contributed by atoms with Crippen molar-refractivity contribution in [1.82, 2.24) is 19.7 Å². The SMILES string of the molecule is COc1cccc([C@]2(O)CCC[C@H]3CN(C(=O)c4ccc(-n5cnnc5)cc4)C[C@H]32)c1. The molecule has 1 N–H and O–H groups in total. The van der Waals surface area contributed by atoms with Crippen LogP contribution in [0.3, 0.4) is 0 Å². The van der Waals surface area contributed by atoms with Crippen LogP contribution in [-0.2, 0) is 5.60 Å². The number of ether oxygens (including phenoxy) is 1. The minimum Gasteiger partial charge on any atom is -0.497 e. The quantitative estimate of drug-likeness (QED) is 0.704. The average Bonchev–Trinajstić information content (AvgIpc) is 3.50. The normalized spacial score (nSPS) is 25.3. The summed E-state index contributed by atoms with van der Waals surface area (Å²) in [6.45, 7) is 1.24. The highest BCUT2D eigenvalue weighted by Gasteiger charge is 2.50. The van der Waals surface area contributed by atoms with Crippen LogP contribution >= 0.6 is 0 Å². The lowest BCUT2D eigenvalue weighted by atomic mass is 9.67. The second-order valence-corrected chi connectivity index (χ2v) is 8.54. The molecular weight excluding hydrogens is 392 g/mol. The molecule has 7 nitrogen and oxygen atoms in total. The molecule has 1 aliphatic carbocycles. The van der Waals surface area contributed by atoms with Gasteiger partial charge in [-0.3, -0.25) is 9.36 Å². The molecule has 5 rings (SSSR count). The van der Waals surface area contributed by atoms with Crippen LogP contribution in [0.1, 0.15) is 35.2 Å². The standard InChI is InChI=1S/C24H26N4O3/c1-31-21-6-2-5-19(12-21)24(30)11-3-4-18-13-27(14-22(18)24)23(29)17-7-9-20(10-8-17)28-15-25-26-16-28/h2,5-10,12,15-16,18,22,30H,3-4,11,13-14H2,1H3/t18-,22+,24+/m0/s1. The van der Waals surface area contributed by atoms with Crippen molar-refractivity contribution in [2.45, 2.75) is 24.9 Å². The number of methoxy groups -OCH3 is 1. The van der Waals surface area contributed by atoms with Crippen LogP contribution in [0.4, 0.5) is 0 Å². The highest BCUT2D eigenvalue weighted by atomic mass is 16.5. The van der Waals surface area contributed by atoms with Crippen LogP contribution in [0, 0.1) is 11.8 Å². The van der Waals surface area contributed by atoms with E-state index in [9.17, 15) is 9.90 Å². The minimum atomic E-state index is -0.940. The van der Waals surface area contributed by atoms with Gasteiger partial charge in [-0.15, -0.1) is 10.2 Å². The van der Waals surface area contributed by atoms with Gasteiger partial charge in [0.25, 0.3) is 5.91 Å². The van der Waals surface area contributed by atoms with Crippen LogP contribution in [-0.4, -0.2) is 50.9 Å². The van der Waals surface area contributed by atoms with Gasteiger partial charge in [-0.05, 0) is 67.1 Å². The summed E-state index contributed by atoms with van der Waals surface area (Å²) in [7, 11) is 1.64. The molecule has 2 aromatic carbocycles. The van der Waals surface area contributed by atoms with Crippen molar-refractivity contribution >= 4 is 5.91 Å². The summed E-state index contributed by atoms with van der Waals surface area (Å²) in [6, 6.07) is 15.2. The van der Waals surface area contributed by atoms with Crippen molar-refractivity contribution in [3.8, 4) is 11.4 Å². The Labute approximate surface area is 181 Å². The number of benzene rings is 2. The lowest BCUT2D eigenvalue weighted by molar-refractivity contribution is -0.0645. The maximum Gasteiger partial charge on any atom is 0.253 e. The number of nitrogens with zero attached hydrogens (tertiary/aromatic N) is 4. The molecule has 1 saturated heterocycles.